The first kappa shape index (κ1) is 15.9. The highest BCUT2D eigenvalue weighted by Gasteiger charge is 2.05. The van der Waals surface area contributed by atoms with Gasteiger partial charge in [0.05, 0.1) is 14.2 Å². The van der Waals surface area contributed by atoms with Gasteiger partial charge in [0.15, 0.2) is 11.5 Å². The van der Waals surface area contributed by atoms with Crippen LogP contribution in [0.15, 0.2) is 30.5 Å². The Morgan fingerprint density at radius 3 is 2.55 bits per heavy atom. The van der Waals surface area contributed by atoms with Crippen molar-refractivity contribution in [3.8, 4) is 11.5 Å². The normalized spacial score (nSPS) is 10.4. The molecule has 0 aliphatic heterocycles. The fourth-order valence-electron chi connectivity index (χ4n) is 1.97. The van der Waals surface area contributed by atoms with E-state index in [1.807, 2.05) is 38.1 Å². The molecular weight excluding hydrogens is 280 g/mol. The maximum atomic E-state index is 5.30. The summed E-state index contributed by atoms with van der Waals surface area (Å²) in [7, 11) is 3.25. The molecule has 118 valence electrons. The largest absolute Gasteiger partial charge is 0.493 e. The van der Waals surface area contributed by atoms with Gasteiger partial charge in [0.2, 0.25) is 5.95 Å². The zero-order chi connectivity index (χ0) is 15.9. The fourth-order valence-corrected chi connectivity index (χ4v) is 1.97. The predicted octanol–water partition coefficient (Wildman–Crippen LogP) is 2.93. The van der Waals surface area contributed by atoms with Crippen LogP contribution in [0.4, 0.5) is 11.8 Å². The number of rotatable bonds is 7. The second-order valence-corrected chi connectivity index (χ2v) is 5.11. The molecule has 2 aromatic rings. The van der Waals surface area contributed by atoms with Crippen molar-refractivity contribution >= 4 is 11.8 Å². The summed E-state index contributed by atoms with van der Waals surface area (Å²) < 4.78 is 10.5. The lowest BCUT2D eigenvalue weighted by molar-refractivity contribution is 0.354. The van der Waals surface area contributed by atoms with Crippen LogP contribution in [0.3, 0.4) is 0 Å². The second-order valence-electron chi connectivity index (χ2n) is 5.11. The highest BCUT2D eigenvalue weighted by molar-refractivity contribution is 5.45. The molecule has 0 radical (unpaired) electrons. The Morgan fingerprint density at radius 1 is 1.09 bits per heavy atom. The molecule has 0 saturated heterocycles. The molecule has 0 unspecified atom stereocenters. The van der Waals surface area contributed by atoms with E-state index in [0.717, 1.165) is 17.1 Å². The molecule has 6 heteroatoms. The molecule has 22 heavy (non-hydrogen) atoms. The van der Waals surface area contributed by atoms with Crippen LogP contribution in [0.25, 0.3) is 0 Å². The second kappa shape index (κ2) is 7.49. The summed E-state index contributed by atoms with van der Waals surface area (Å²) in [6.45, 7) is 4.73. The van der Waals surface area contributed by atoms with Gasteiger partial charge in [-0.1, -0.05) is 6.07 Å². The molecule has 2 rings (SSSR count). The van der Waals surface area contributed by atoms with Crippen molar-refractivity contribution in [3.63, 3.8) is 0 Å². The molecule has 0 amide bonds. The lowest BCUT2D eigenvalue weighted by atomic mass is 10.2. The first-order chi connectivity index (χ1) is 10.6. The number of aromatic nitrogens is 2. The molecule has 0 bridgehead atoms. The van der Waals surface area contributed by atoms with Gasteiger partial charge in [-0.25, -0.2) is 4.98 Å². The van der Waals surface area contributed by atoms with Crippen LogP contribution >= 0.6 is 0 Å². The van der Waals surface area contributed by atoms with Crippen molar-refractivity contribution in [2.45, 2.75) is 26.4 Å². The van der Waals surface area contributed by atoms with Gasteiger partial charge in [0.1, 0.15) is 5.82 Å². The van der Waals surface area contributed by atoms with E-state index < -0.39 is 0 Å². The minimum atomic E-state index is 0.293. The summed E-state index contributed by atoms with van der Waals surface area (Å²) >= 11 is 0. The van der Waals surface area contributed by atoms with E-state index in [1.54, 1.807) is 20.4 Å². The van der Waals surface area contributed by atoms with Gasteiger partial charge in [-0.05, 0) is 37.6 Å². The third-order valence-corrected chi connectivity index (χ3v) is 2.99. The minimum absolute atomic E-state index is 0.293. The molecule has 6 nitrogen and oxygen atoms in total. The summed E-state index contributed by atoms with van der Waals surface area (Å²) in [6.07, 6.45) is 1.73. The molecular formula is C16H22N4O2. The van der Waals surface area contributed by atoms with Crippen molar-refractivity contribution in [1.82, 2.24) is 9.97 Å². The van der Waals surface area contributed by atoms with Gasteiger partial charge >= 0.3 is 0 Å². The van der Waals surface area contributed by atoms with Crippen LogP contribution in [-0.2, 0) is 6.54 Å². The average molecular weight is 302 g/mol. The third-order valence-electron chi connectivity index (χ3n) is 2.99. The number of anilines is 2. The van der Waals surface area contributed by atoms with E-state index in [0.29, 0.717) is 24.3 Å². The summed E-state index contributed by atoms with van der Waals surface area (Å²) in [5.41, 5.74) is 1.08. The number of hydrogen-bond acceptors (Lipinski definition) is 6. The molecule has 0 aliphatic rings. The predicted molar refractivity (Wildman–Crippen MR) is 87.7 cm³/mol. The SMILES string of the molecule is COc1ccc(CNc2ccnc(NC(C)C)n2)cc1OC. The number of nitrogens with zero attached hydrogens (tertiary/aromatic N) is 2. The van der Waals surface area contributed by atoms with Gasteiger partial charge in [0, 0.05) is 18.8 Å². The molecule has 0 aliphatic carbocycles. The van der Waals surface area contributed by atoms with E-state index in [9.17, 15) is 0 Å². The zero-order valence-electron chi connectivity index (χ0n) is 13.4. The van der Waals surface area contributed by atoms with Crippen LogP contribution in [0.1, 0.15) is 19.4 Å². The van der Waals surface area contributed by atoms with Crippen LogP contribution in [0.5, 0.6) is 11.5 Å². The van der Waals surface area contributed by atoms with E-state index in [-0.39, 0.29) is 0 Å². The highest BCUT2D eigenvalue weighted by Crippen LogP contribution is 2.27. The minimum Gasteiger partial charge on any atom is -0.493 e. The van der Waals surface area contributed by atoms with Gasteiger partial charge in [-0.15, -0.1) is 0 Å². The maximum Gasteiger partial charge on any atom is 0.224 e. The smallest absolute Gasteiger partial charge is 0.224 e. The molecule has 1 aromatic heterocycles. The number of methoxy groups -OCH3 is 2. The van der Waals surface area contributed by atoms with Gasteiger partial charge in [0.25, 0.3) is 0 Å². The summed E-state index contributed by atoms with van der Waals surface area (Å²) in [5, 5.41) is 6.45. The highest BCUT2D eigenvalue weighted by atomic mass is 16.5. The standard InChI is InChI=1S/C16H22N4O2/c1-11(2)19-16-17-8-7-15(20-16)18-10-12-5-6-13(21-3)14(9-12)22-4/h5-9,11H,10H2,1-4H3,(H2,17,18,19,20). The molecule has 0 atom stereocenters. The van der Waals surface area contributed by atoms with Crippen molar-refractivity contribution < 1.29 is 9.47 Å². The Bertz CT molecular complexity index is 617. The average Bonchev–Trinajstić information content (AvgIpc) is 2.52. The van der Waals surface area contributed by atoms with Crippen molar-refractivity contribution in [3.05, 3.63) is 36.0 Å². The Hall–Kier alpha value is -2.50. The Labute approximate surface area is 130 Å². The Kier molecular flexibility index (Phi) is 5.41. The monoisotopic (exact) mass is 302 g/mol. The Balaban J connectivity index is 2.03. The Morgan fingerprint density at radius 2 is 1.86 bits per heavy atom. The van der Waals surface area contributed by atoms with Gasteiger partial charge < -0.3 is 20.1 Å². The van der Waals surface area contributed by atoms with Crippen molar-refractivity contribution in [1.29, 1.82) is 0 Å². The lowest BCUT2D eigenvalue weighted by Gasteiger charge is -2.12. The topological polar surface area (TPSA) is 68.3 Å². The fraction of sp³-hybridized carbons (Fsp3) is 0.375. The molecule has 1 aromatic carbocycles. The van der Waals surface area contributed by atoms with E-state index >= 15 is 0 Å². The van der Waals surface area contributed by atoms with Crippen molar-refractivity contribution in [2.75, 3.05) is 24.9 Å². The molecule has 0 spiro atoms. The number of benzene rings is 1. The van der Waals surface area contributed by atoms with E-state index in [1.165, 1.54) is 0 Å². The number of ether oxygens (including phenoxy) is 2. The molecule has 0 fully saturated rings. The first-order valence-corrected chi connectivity index (χ1v) is 7.16. The number of hydrogen-bond donors (Lipinski definition) is 2. The first-order valence-electron chi connectivity index (χ1n) is 7.16. The van der Waals surface area contributed by atoms with Gasteiger partial charge in [-0.2, -0.15) is 4.98 Å². The van der Waals surface area contributed by atoms with E-state index in [4.69, 9.17) is 9.47 Å². The zero-order valence-corrected chi connectivity index (χ0v) is 13.4. The molecule has 0 saturated carbocycles. The summed E-state index contributed by atoms with van der Waals surface area (Å²) in [6, 6.07) is 7.96. The third kappa shape index (κ3) is 4.25. The van der Waals surface area contributed by atoms with Crippen molar-refractivity contribution in [2.24, 2.45) is 0 Å². The van der Waals surface area contributed by atoms with Crippen LogP contribution in [-0.4, -0.2) is 30.2 Å². The molecule has 1 heterocycles. The quantitative estimate of drug-likeness (QED) is 0.819. The van der Waals surface area contributed by atoms with Crippen LogP contribution in [0.2, 0.25) is 0 Å². The summed E-state index contributed by atoms with van der Waals surface area (Å²) in [5.74, 6) is 2.82. The molecule has 2 N–H and O–H groups in total. The summed E-state index contributed by atoms with van der Waals surface area (Å²) in [4.78, 5) is 8.60. The maximum absolute atomic E-state index is 5.30. The lowest BCUT2D eigenvalue weighted by Crippen LogP contribution is -2.13. The van der Waals surface area contributed by atoms with Gasteiger partial charge in [-0.3, -0.25) is 0 Å². The number of nitrogens with one attached hydrogen (secondary N) is 2. The van der Waals surface area contributed by atoms with E-state index in [2.05, 4.69) is 20.6 Å². The van der Waals surface area contributed by atoms with Crippen LogP contribution in [0, 0.1) is 0 Å². The van der Waals surface area contributed by atoms with Crippen LogP contribution < -0.4 is 20.1 Å².